The lowest BCUT2D eigenvalue weighted by Gasteiger charge is -2.10. The molecule has 0 aliphatic carbocycles. The smallest absolute Gasteiger partial charge is 0.227 e. The van der Waals surface area contributed by atoms with Crippen molar-refractivity contribution in [1.82, 2.24) is 15.0 Å². The van der Waals surface area contributed by atoms with E-state index < -0.39 is 0 Å². The molecule has 2 N–H and O–H groups in total. The Bertz CT molecular complexity index is 1040. The molecule has 26 heavy (non-hydrogen) atoms. The Balaban J connectivity index is 1.68. The molecule has 0 aliphatic rings. The summed E-state index contributed by atoms with van der Waals surface area (Å²) >= 11 is 0. The quantitative estimate of drug-likeness (QED) is 0.561. The largest absolute Gasteiger partial charge is 0.497 e. The fraction of sp³-hybridized carbons (Fsp3) is 0.100. The number of ether oxygens (including phenoxy) is 2. The maximum atomic E-state index is 5.30. The minimum absolute atomic E-state index is 0.503. The first kappa shape index (κ1) is 16.0. The van der Waals surface area contributed by atoms with Gasteiger partial charge in [0, 0.05) is 52.7 Å². The van der Waals surface area contributed by atoms with Crippen LogP contribution in [0.1, 0.15) is 0 Å². The fourth-order valence-electron chi connectivity index (χ4n) is 2.86. The third kappa shape index (κ3) is 3.04. The molecule has 2 heterocycles. The number of benzene rings is 2. The topological polar surface area (TPSA) is 72.1 Å². The number of aromatic amines is 1. The van der Waals surface area contributed by atoms with Crippen molar-refractivity contribution in [3.05, 3.63) is 60.9 Å². The van der Waals surface area contributed by atoms with Crippen molar-refractivity contribution < 1.29 is 9.47 Å². The van der Waals surface area contributed by atoms with Crippen LogP contribution >= 0.6 is 0 Å². The van der Waals surface area contributed by atoms with E-state index in [0.29, 0.717) is 17.4 Å². The van der Waals surface area contributed by atoms with Gasteiger partial charge in [-0.2, -0.15) is 0 Å². The average molecular weight is 346 g/mol. The lowest BCUT2D eigenvalue weighted by molar-refractivity contribution is 0.395. The van der Waals surface area contributed by atoms with Gasteiger partial charge in [0.15, 0.2) is 0 Å². The molecule has 0 bridgehead atoms. The first-order valence-corrected chi connectivity index (χ1v) is 8.16. The van der Waals surface area contributed by atoms with E-state index in [-0.39, 0.29) is 0 Å². The molecule has 6 nitrogen and oxygen atoms in total. The van der Waals surface area contributed by atoms with Crippen molar-refractivity contribution in [3.8, 4) is 22.8 Å². The van der Waals surface area contributed by atoms with Crippen LogP contribution in [-0.4, -0.2) is 29.2 Å². The van der Waals surface area contributed by atoms with E-state index in [9.17, 15) is 0 Å². The van der Waals surface area contributed by atoms with Crippen LogP contribution in [0.4, 0.5) is 11.6 Å². The molecular formula is C20H18N4O2. The Kier molecular flexibility index (Phi) is 4.15. The zero-order chi connectivity index (χ0) is 17.9. The third-order valence-electron chi connectivity index (χ3n) is 4.13. The number of hydrogen-bond acceptors (Lipinski definition) is 5. The van der Waals surface area contributed by atoms with Gasteiger partial charge in [0.1, 0.15) is 11.5 Å². The summed E-state index contributed by atoms with van der Waals surface area (Å²) in [6.45, 7) is 0. The molecule has 0 aliphatic heterocycles. The molecule has 0 spiro atoms. The van der Waals surface area contributed by atoms with Gasteiger partial charge in [0.05, 0.1) is 19.9 Å². The van der Waals surface area contributed by atoms with Crippen molar-refractivity contribution in [2.24, 2.45) is 0 Å². The van der Waals surface area contributed by atoms with Gasteiger partial charge in [-0.1, -0.05) is 18.2 Å². The van der Waals surface area contributed by atoms with Crippen LogP contribution in [0.25, 0.3) is 22.2 Å². The summed E-state index contributed by atoms with van der Waals surface area (Å²) in [7, 11) is 3.24. The van der Waals surface area contributed by atoms with E-state index in [1.807, 2.05) is 48.7 Å². The molecule has 130 valence electrons. The van der Waals surface area contributed by atoms with Gasteiger partial charge in [-0.05, 0) is 12.1 Å². The number of aromatic nitrogens is 3. The number of nitrogens with zero attached hydrogens (tertiary/aromatic N) is 2. The van der Waals surface area contributed by atoms with Crippen LogP contribution in [0.3, 0.4) is 0 Å². The number of rotatable bonds is 5. The third-order valence-corrected chi connectivity index (χ3v) is 4.13. The van der Waals surface area contributed by atoms with Crippen molar-refractivity contribution >= 4 is 22.5 Å². The molecule has 0 amide bonds. The van der Waals surface area contributed by atoms with Crippen LogP contribution in [0.15, 0.2) is 60.9 Å². The normalized spacial score (nSPS) is 10.7. The van der Waals surface area contributed by atoms with E-state index in [0.717, 1.165) is 27.8 Å². The molecule has 0 radical (unpaired) electrons. The second-order valence-electron chi connectivity index (χ2n) is 5.74. The number of nitrogens with one attached hydrogen (secondary N) is 2. The minimum Gasteiger partial charge on any atom is -0.497 e. The molecule has 0 unspecified atom stereocenters. The molecule has 0 saturated carbocycles. The molecule has 0 saturated heterocycles. The van der Waals surface area contributed by atoms with Crippen molar-refractivity contribution in [2.45, 2.75) is 0 Å². The van der Waals surface area contributed by atoms with Gasteiger partial charge >= 0.3 is 0 Å². The summed E-state index contributed by atoms with van der Waals surface area (Å²) in [5, 5.41) is 4.34. The Labute approximate surface area is 150 Å². The fourth-order valence-corrected chi connectivity index (χ4v) is 2.86. The highest BCUT2D eigenvalue weighted by Crippen LogP contribution is 2.29. The summed E-state index contributed by atoms with van der Waals surface area (Å²) in [4.78, 5) is 12.2. The number of H-pyrrole nitrogens is 1. The lowest BCUT2D eigenvalue weighted by atomic mass is 10.1. The summed E-state index contributed by atoms with van der Waals surface area (Å²) in [6.07, 6.45) is 3.70. The highest BCUT2D eigenvalue weighted by molar-refractivity contribution is 5.94. The predicted molar refractivity (Wildman–Crippen MR) is 102 cm³/mol. The maximum Gasteiger partial charge on any atom is 0.227 e. The van der Waals surface area contributed by atoms with Gasteiger partial charge in [-0.25, -0.2) is 9.97 Å². The summed E-state index contributed by atoms with van der Waals surface area (Å²) in [5.74, 6) is 1.89. The van der Waals surface area contributed by atoms with Crippen LogP contribution in [0.5, 0.6) is 11.5 Å². The van der Waals surface area contributed by atoms with E-state index in [1.165, 1.54) is 0 Å². The highest BCUT2D eigenvalue weighted by atomic mass is 16.5. The van der Waals surface area contributed by atoms with E-state index in [1.54, 1.807) is 20.4 Å². The molecular weight excluding hydrogens is 328 g/mol. The van der Waals surface area contributed by atoms with Gasteiger partial charge in [-0.3, -0.25) is 0 Å². The van der Waals surface area contributed by atoms with Gasteiger partial charge < -0.3 is 19.8 Å². The molecule has 4 rings (SSSR count). The summed E-state index contributed by atoms with van der Waals surface area (Å²) in [6, 6.07) is 15.6. The van der Waals surface area contributed by atoms with Crippen LogP contribution in [-0.2, 0) is 0 Å². The number of para-hydroxylation sites is 1. The minimum atomic E-state index is 0.503. The number of hydrogen-bond donors (Lipinski definition) is 2. The van der Waals surface area contributed by atoms with Crippen molar-refractivity contribution in [1.29, 1.82) is 0 Å². The summed E-state index contributed by atoms with van der Waals surface area (Å²) in [5.41, 5.74) is 3.74. The van der Waals surface area contributed by atoms with Crippen LogP contribution < -0.4 is 14.8 Å². The Morgan fingerprint density at radius 2 is 1.73 bits per heavy atom. The monoisotopic (exact) mass is 346 g/mol. The molecule has 0 fully saturated rings. The molecule has 2 aromatic carbocycles. The van der Waals surface area contributed by atoms with Crippen LogP contribution in [0.2, 0.25) is 0 Å². The molecule has 2 aromatic heterocycles. The molecule has 0 atom stereocenters. The van der Waals surface area contributed by atoms with Gasteiger partial charge in [0.25, 0.3) is 0 Å². The van der Waals surface area contributed by atoms with E-state index in [2.05, 4.69) is 26.3 Å². The highest BCUT2D eigenvalue weighted by Gasteiger charge is 2.09. The van der Waals surface area contributed by atoms with Crippen LogP contribution in [0, 0.1) is 0 Å². The second-order valence-corrected chi connectivity index (χ2v) is 5.74. The number of anilines is 2. The standard InChI is InChI=1S/C20H18N4O2/c1-25-14-9-13(10-15(11-14)26-2)23-20-21-8-7-19(24-20)17-12-22-18-6-4-3-5-16(17)18/h3-12,22H,1-2H3,(H,21,23,24). The maximum absolute atomic E-state index is 5.30. The first-order chi connectivity index (χ1) is 12.8. The predicted octanol–water partition coefficient (Wildman–Crippen LogP) is 4.39. The van der Waals surface area contributed by atoms with Crippen molar-refractivity contribution in [3.63, 3.8) is 0 Å². The Morgan fingerprint density at radius 3 is 2.50 bits per heavy atom. The number of fused-ring (bicyclic) bond motifs is 1. The van der Waals surface area contributed by atoms with Gasteiger partial charge in [-0.15, -0.1) is 0 Å². The lowest BCUT2D eigenvalue weighted by Crippen LogP contribution is -1.99. The zero-order valence-electron chi connectivity index (χ0n) is 14.5. The first-order valence-electron chi connectivity index (χ1n) is 8.16. The zero-order valence-corrected chi connectivity index (χ0v) is 14.5. The summed E-state index contributed by atoms with van der Waals surface area (Å²) < 4.78 is 10.6. The Hall–Kier alpha value is -3.54. The molecule has 6 heteroatoms. The average Bonchev–Trinajstić information content (AvgIpc) is 3.12. The SMILES string of the molecule is COc1cc(Nc2nccc(-c3c[nH]c4ccccc34)n2)cc(OC)c1. The number of methoxy groups -OCH3 is 2. The second kappa shape index (κ2) is 6.76. The molecule has 4 aromatic rings. The van der Waals surface area contributed by atoms with Crippen molar-refractivity contribution in [2.75, 3.05) is 19.5 Å². The van der Waals surface area contributed by atoms with E-state index in [4.69, 9.17) is 9.47 Å². The Morgan fingerprint density at radius 1 is 0.962 bits per heavy atom. The van der Waals surface area contributed by atoms with E-state index >= 15 is 0 Å². The van der Waals surface area contributed by atoms with Gasteiger partial charge in [0.2, 0.25) is 5.95 Å².